The second-order valence-electron chi connectivity index (χ2n) is 7.02. The largest absolute Gasteiger partial charge is 0.383 e. The van der Waals surface area contributed by atoms with Crippen LogP contribution in [0.4, 0.5) is 0 Å². The number of carbonyl (C=O) groups excluding carboxylic acids is 1. The van der Waals surface area contributed by atoms with Crippen molar-refractivity contribution in [3.8, 4) is 0 Å². The molecule has 3 rings (SSSR count). The van der Waals surface area contributed by atoms with Crippen LogP contribution in [-0.2, 0) is 11.3 Å². The van der Waals surface area contributed by atoms with Gasteiger partial charge in [-0.05, 0) is 46.2 Å². The maximum atomic E-state index is 12.9. The van der Waals surface area contributed by atoms with Gasteiger partial charge in [0.05, 0.1) is 30.9 Å². The first kappa shape index (κ1) is 19.5. The zero-order valence-corrected chi connectivity index (χ0v) is 17.4. The number of nitrogens with zero attached hydrogens (tertiary/aromatic N) is 3. The Kier molecular flexibility index (Phi) is 5.35. The molecule has 3 aromatic heterocycles. The Morgan fingerprint density at radius 2 is 2.00 bits per heavy atom. The molecule has 0 fully saturated rings. The van der Waals surface area contributed by atoms with E-state index in [1.54, 1.807) is 7.11 Å². The summed E-state index contributed by atoms with van der Waals surface area (Å²) in [6, 6.07) is 2.02. The van der Waals surface area contributed by atoms with Gasteiger partial charge in [0.25, 0.3) is 5.56 Å². The van der Waals surface area contributed by atoms with Gasteiger partial charge in [0.15, 0.2) is 5.78 Å². The van der Waals surface area contributed by atoms with Gasteiger partial charge in [0.1, 0.15) is 4.83 Å². The monoisotopic (exact) mass is 387 g/mol. The first-order valence-electron chi connectivity index (χ1n) is 8.92. The van der Waals surface area contributed by atoms with Crippen molar-refractivity contribution >= 4 is 27.3 Å². The highest BCUT2D eigenvalue weighted by molar-refractivity contribution is 7.18. The Morgan fingerprint density at radius 1 is 1.30 bits per heavy atom. The van der Waals surface area contributed by atoms with E-state index < -0.39 is 0 Å². The molecule has 0 aliphatic rings. The summed E-state index contributed by atoms with van der Waals surface area (Å²) in [6.45, 7) is 10.4. The number of ketones is 1. The summed E-state index contributed by atoms with van der Waals surface area (Å²) in [6.07, 6.45) is 1.48. The van der Waals surface area contributed by atoms with Crippen LogP contribution in [0.5, 0.6) is 0 Å². The van der Waals surface area contributed by atoms with Crippen molar-refractivity contribution in [3.63, 3.8) is 0 Å². The number of fused-ring (bicyclic) bond motifs is 1. The number of aromatic nitrogens is 3. The number of aryl methyl sites for hydroxylation is 3. The number of rotatable bonds is 6. The Morgan fingerprint density at radius 3 is 2.67 bits per heavy atom. The third-order valence-corrected chi connectivity index (χ3v) is 6.22. The van der Waals surface area contributed by atoms with Gasteiger partial charge in [-0.1, -0.05) is 0 Å². The fraction of sp³-hybridized carbons (Fsp3) is 0.450. The number of thiophene rings is 1. The maximum Gasteiger partial charge on any atom is 0.262 e. The topological polar surface area (TPSA) is 66.1 Å². The molecule has 0 saturated carbocycles. The molecule has 3 aromatic rings. The molecule has 27 heavy (non-hydrogen) atoms. The lowest BCUT2D eigenvalue weighted by molar-refractivity contribution is 0.0969. The average Bonchev–Trinajstić information content (AvgIpc) is 3.07. The molecule has 0 bridgehead atoms. The minimum Gasteiger partial charge on any atom is -0.383 e. The second kappa shape index (κ2) is 7.40. The smallest absolute Gasteiger partial charge is 0.262 e. The van der Waals surface area contributed by atoms with Crippen LogP contribution in [-0.4, -0.2) is 33.6 Å². The summed E-state index contributed by atoms with van der Waals surface area (Å²) in [5, 5.41) is 0.618. The van der Waals surface area contributed by atoms with E-state index in [4.69, 9.17) is 4.74 Å². The van der Waals surface area contributed by atoms with Crippen LogP contribution >= 0.6 is 11.3 Å². The standard InChI is InChI=1S/C20H25N3O3S/c1-11-7-16(14(4)23(11)12(2)9-26-6)17(24)8-22-10-21-19-18(20(22)25)13(3)15(5)27-19/h7,10,12H,8-9H2,1-6H3/t12-/m0/s1. The zero-order valence-electron chi connectivity index (χ0n) is 16.6. The van der Waals surface area contributed by atoms with Gasteiger partial charge < -0.3 is 9.30 Å². The van der Waals surface area contributed by atoms with Crippen molar-refractivity contribution in [2.24, 2.45) is 0 Å². The van der Waals surface area contributed by atoms with Gasteiger partial charge in [0.2, 0.25) is 0 Å². The Hall–Kier alpha value is -2.25. The van der Waals surface area contributed by atoms with Gasteiger partial charge in [-0.2, -0.15) is 0 Å². The average molecular weight is 388 g/mol. The molecule has 144 valence electrons. The fourth-order valence-corrected chi connectivity index (χ4v) is 4.66. The molecule has 0 spiro atoms. The number of hydrogen-bond acceptors (Lipinski definition) is 5. The van der Waals surface area contributed by atoms with Crippen molar-refractivity contribution in [2.75, 3.05) is 13.7 Å². The first-order chi connectivity index (χ1) is 12.8. The molecule has 0 amide bonds. The second-order valence-corrected chi connectivity index (χ2v) is 8.23. The number of methoxy groups -OCH3 is 1. The van der Waals surface area contributed by atoms with Crippen molar-refractivity contribution in [1.82, 2.24) is 14.1 Å². The van der Waals surface area contributed by atoms with E-state index in [1.165, 1.54) is 22.2 Å². The zero-order chi connectivity index (χ0) is 19.9. The highest BCUT2D eigenvalue weighted by Gasteiger charge is 2.20. The van der Waals surface area contributed by atoms with E-state index in [-0.39, 0.29) is 23.9 Å². The van der Waals surface area contributed by atoms with Crippen LogP contribution in [0.15, 0.2) is 17.2 Å². The lowest BCUT2D eigenvalue weighted by Crippen LogP contribution is -2.25. The van der Waals surface area contributed by atoms with Crippen LogP contribution in [0.25, 0.3) is 10.2 Å². The summed E-state index contributed by atoms with van der Waals surface area (Å²) in [4.78, 5) is 31.9. The minimum atomic E-state index is -0.156. The quantitative estimate of drug-likeness (QED) is 0.606. The molecule has 0 aliphatic carbocycles. The number of ether oxygens (including phenoxy) is 1. The summed E-state index contributed by atoms with van der Waals surface area (Å²) < 4.78 is 8.76. The van der Waals surface area contributed by atoms with Gasteiger partial charge in [-0.25, -0.2) is 4.98 Å². The highest BCUT2D eigenvalue weighted by atomic mass is 32.1. The van der Waals surface area contributed by atoms with Gasteiger partial charge >= 0.3 is 0 Å². The van der Waals surface area contributed by atoms with E-state index in [2.05, 4.69) is 16.5 Å². The lowest BCUT2D eigenvalue weighted by Gasteiger charge is -2.17. The van der Waals surface area contributed by atoms with Crippen LogP contribution in [0.1, 0.15) is 45.2 Å². The molecule has 0 radical (unpaired) electrons. The molecular formula is C20H25N3O3S. The molecule has 7 heteroatoms. The van der Waals surface area contributed by atoms with Gasteiger partial charge in [0, 0.05) is 28.9 Å². The molecular weight excluding hydrogens is 362 g/mol. The van der Waals surface area contributed by atoms with Crippen molar-refractivity contribution in [3.05, 3.63) is 50.1 Å². The fourth-order valence-electron chi connectivity index (χ4n) is 3.68. The van der Waals surface area contributed by atoms with E-state index in [0.29, 0.717) is 17.6 Å². The molecule has 0 unspecified atom stereocenters. The predicted octanol–water partition coefficient (Wildman–Crippen LogP) is 3.58. The van der Waals surface area contributed by atoms with Crippen LogP contribution in [0, 0.1) is 27.7 Å². The predicted molar refractivity (Wildman–Crippen MR) is 108 cm³/mol. The van der Waals surface area contributed by atoms with E-state index in [0.717, 1.165) is 26.7 Å². The Bertz CT molecular complexity index is 1070. The summed E-state index contributed by atoms with van der Waals surface area (Å²) in [5.74, 6) is -0.0909. The lowest BCUT2D eigenvalue weighted by atomic mass is 10.1. The Balaban J connectivity index is 1.96. The number of carbonyl (C=O) groups is 1. The molecule has 0 saturated heterocycles. The molecule has 1 atom stereocenters. The molecule has 6 nitrogen and oxygen atoms in total. The van der Waals surface area contributed by atoms with Crippen LogP contribution in [0.3, 0.4) is 0 Å². The van der Waals surface area contributed by atoms with Crippen LogP contribution < -0.4 is 5.56 Å². The van der Waals surface area contributed by atoms with E-state index in [1.807, 2.05) is 33.8 Å². The third kappa shape index (κ3) is 3.37. The summed E-state index contributed by atoms with van der Waals surface area (Å²) in [7, 11) is 1.67. The van der Waals surface area contributed by atoms with Gasteiger partial charge in [-0.3, -0.25) is 14.2 Å². The van der Waals surface area contributed by atoms with Crippen molar-refractivity contribution in [2.45, 2.75) is 47.2 Å². The SMILES string of the molecule is COC[C@H](C)n1c(C)cc(C(=O)Cn2cnc3sc(C)c(C)c3c2=O)c1C. The number of Topliss-reactive ketones (excluding diaryl/α,β-unsaturated/α-hetero) is 1. The summed E-state index contributed by atoms with van der Waals surface area (Å²) in [5.41, 5.74) is 3.33. The van der Waals surface area contributed by atoms with E-state index >= 15 is 0 Å². The van der Waals surface area contributed by atoms with Crippen molar-refractivity contribution in [1.29, 1.82) is 0 Å². The molecule has 0 N–H and O–H groups in total. The third-order valence-electron chi connectivity index (χ3n) is 5.10. The minimum absolute atomic E-state index is 0.0148. The maximum absolute atomic E-state index is 12.9. The molecule has 3 heterocycles. The van der Waals surface area contributed by atoms with Crippen LogP contribution in [0.2, 0.25) is 0 Å². The Labute approximate surface area is 162 Å². The highest BCUT2D eigenvalue weighted by Crippen LogP contribution is 2.26. The van der Waals surface area contributed by atoms with Gasteiger partial charge in [-0.15, -0.1) is 11.3 Å². The van der Waals surface area contributed by atoms with Crippen molar-refractivity contribution < 1.29 is 9.53 Å². The molecule has 0 aliphatic heterocycles. The summed E-state index contributed by atoms with van der Waals surface area (Å²) >= 11 is 1.51. The number of hydrogen-bond donors (Lipinski definition) is 0. The first-order valence-corrected chi connectivity index (χ1v) is 9.73. The molecule has 0 aromatic carbocycles. The van der Waals surface area contributed by atoms with E-state index in [9.17, 15) is 9.59 Å². The normalized spacial score (nSPS) is 12.7.